The van der Waals surface area contributed by atoms with Crippen LogP contribution in [-0.2, 0) is 6.54 Å². The Morgan fingerprint density at radius 2 is 2.17 bits per heavy atom. The molecule has 100 valence electrons. The topological polar surface area (TPSA) is 28.2 Å². The fourth-order valence-electron chi connectivity index (χ4n) is 2.70. The van der Waals surface area contributed by atoms with Crippen LogP contribution < -0.4 is 5.32 Å². The molecule has 1 aromatic rings. The van der Waals surface area contributed by atoms with E-state index in [-0.39, 0.29) is 0 Å². The minimum atomic E-state index is 0.863. The maximum Gasteiger partial charge on any atom is 0.0543 e. The highest BCUT2D eigenvalue weighted by atomic mass is 15.1. The lowest BCUT2D eigenvalue weighted by Gasteiger charge is -2.29. The molecule has 0 bridgehead atoms. The molecule has 0 atom stereocenters. The fraction of sp³-hybridized carbons (Fsp3) is 0.667. The van der Waals surface area contributed by atoms with Gasteiger partial charge < -0.3 is 5.32 Å². The van der Waals surface area contributed by atoms with Gasteiger partial charge in [0.2, 0.25) is 0 Å². The van der Waals surface area contributed by atoms with E-state index in [0.717, 1.165) is 12.5 Å². The van der Waals surface area contributed by atoms with Crippen molar-refractivity contribution in [3.8, 4) is 0 Å². The summed E-state index contributed by atoms with van der Waals surface area (Å²) in [6, 6.07) is 6.20. The molecule has 1 aliphatic rings. The lowest BCUT2D eigenvalue weighted by Crippen LogP contribution is -2.36. The zero-order valence-corrected chi connectivity index (χ0v) is 11.4. The van der Waals surface area contributed by atoms with Crippen molar-refractivity contribution in [3.05, 3.63) is 30.1 Å². The zero-order valence-electron chi connectivity index (χ0n) is 11.4. The molecule has 1 saturated heterocycles. The summed E-state index contributed by atoms with van der Waals surface area (Å²) in [5, 5.41) is 3.44. The Balaban J connectivity index is 1.86. The largest absolute Gasteiger partial charge is 0.317 e. The van der Waals surface area contributed by atoms with Crippen LogP contribution in [-0.4, -0.2) is 36.1 Å². The summed E-state index contributed by atoms with van der Waals surface area (Å²) in [5.74, 6) is 0.863. The number of hydrogen-bond acceptors (Lipinski definition) is 3. The van der Waals surface area contributed by atoms with Gasteiger partial charge in [0.05, 0.1) is 5.69 Å². The van der Waals surface area contributed by atoms with Crippen LogP contribution in [0.1, 0.15) is 31.9 Å². The van der Waals surface area contributed by atoms with Gasteiger partial charge in [0, 0.05) is 19.3 Å². The number of nitrogens with one attached hydrogen (secondary N) is 1. The summed E-state index contributed by atoms with van der Waals surface area (Å²) in [4.78, 5) is 7.01. The molecule has 3 nitrogen and oxygen atoms in total. The number of pyridine rings is 1. The Bertz CT molecular complexity index is 320. The molecule has 0 spiro atoms. The molecule has 1 aromatic heterocycles. The third-order valence-corrected chi connectivity index (χ3v) is 3.63. The average molecular weight is 247 g/mol. The summed E-state index contributed by atoms with van der Waals surface area (Å²) >= 11 is 0. The van der Waals surface area contributed by atoms with Gasteiger partial charge >= 0.3 is 0 Å². The van der Waals surface area contributed by atoms with E-state index in [0.29, 0.717) is 0 Å². The Kier molecular flexibility index (Phi) is 5.62. The van der Waals surface area contributed by atoms with E-state index in [4.69, 9.17) is 0 Å². The Labute approximate surface area is 111 Å². The molecular formula is C15H25N3. The predicted octanol–water partition coefficient (Wildman–Crippen LogP) is 2.29. The molecule has 2 heterocycles. The Morgan fingerprint density at radius 1 is 1.33 bits per heavy atom. The van der Waals surface area contributed by atoms with E-state index in [9.17, 15) is 0 Å². The lowest BCUT2D eigenvalue weighted by atomic mass is 9.97. The third-order valence-electron chi connectivity index (χ3n) is 3.63. The van der Waals surface area contributed by atoms with Crippen LogP contribution in [0.25, 0.3) is 0 Å². The minimum Gasteiger partial charge on any atom is -0.317 e. The summed E-state index contributed by atoms with van der Waals surface area (Å²) in [5.41, 5.74) is 1.19. The average Bonchev–Trinajstić information content (AvgIpc) is 2.41. The van der Waals surface area contributed by atoms with Crippen molar-refractivity contribution in [2.45, 2.75) is 32.7 Å². The number of rotatable bonds is 6. The van der Waals surface area contributed by atoms with E-state index < -0.39 is 0 Å². The van der Waals surface area contributed by atoms with Gasteiger partial charge in [0.25, 0.3) is 0 Å². The number of hydrogen-bond donors (Lipinski definition) is 1. The summed E-state index contributed by atoms with van der Waals surface area (Å²) in [6.07, 6.45) is 5.76. The fourth-order valence-corrected chi connectivity index (χ4v) is 2.70. The van der Waals surface area contributed by atoms with Crippen molar-refractivity contribution in [3.63, 3.8) is 0 Å². The molecule has 0 radical (unpaired) electrons. The third kappa shape index (κ3) is 4.39. The van der Waals surface area contributed by atoms with Crippen molar-refractivity contribution < 1.29 is 0 Å². The van der Waals surface area contributed by atoms with Gasteiger partial charge in [-0.3, -0.25) is 9.88 Å². The second kappa shape index (κ2) is 7.49. The predicted molar refractivity (Wildman–Crippen MR) is 75.4 cm³/mol. The van der Waals surface area contributed by atoms with E-state index in [1.165, 1.54) is 51.1 Å². The van der Waals surface area contributed by atoms with Gasteiger partial charge in [-0.05, 0) is 56.9 Å². The van der Waals surface area contributed by atoms with E-state index in [1.807, 2.05) is 12.3 Å². The van der Waals surface area contributed by atoms with Crippen LogP contribution in [0.15, 0.2) is 24.4 Å². The van der Waals surface area contributed by atoms with Gasteiger partial charge in [-0.1, -0.05) is 13.0 Å². The molecule has 1 aliphatic heterocycles. The molecular weight excluding hydrogens is 222 g/mol. The minimum absolute atomic E-state index is 0.863. The Hall–Kier alpha value is -0.930. The quantitative estimate of drug-likeness (QED) is 0.836. The molecule has 18 heavy (non-hydrogen) atoms. The number of aromatic nitrogens is 1. The number of nitrogens with zero attached hydrogens (tertiary/aromatic N) is 2. The summed E-state index contributed by atoms with van der Waals surface area (Å²) < 4.78 is 0. The first kappa shape index (κ1) is 13.5. The number of piperidine rings is 1. The standard InChI is InChI=1S/C15H25N3/c1-2-11-18(12-14-6-9-16-10-7-14)13-15-5-3-4-8-17-15/h3-5,8,14,16H,2,6-7,9-13H2,1H3. The van der Waals surface area contributed by atoms with Crippen molar-refractivity contribution in [1.82, 2.24) is 15.2 Å². The molecule has 1 N–H and O–H groups in total. The van der Waals surface area contributed by atoms with Crippen LogP contribution in [0.4, 0.5) is 0 Å². The monoisotopic (exact) mass is 247 g/mol. The highest BCUT2D eigenvalue weighted by Gasteiger charge is 2.16. The Morgan fingerprint density at radius 3 is 2.83 bits per heavy atom. The molecule has 2 rings (SSSR count). The maximum absolute atomic E-state index is 4.44. The maximum atomic E-state index is 4.44. The van der Waals surface area contributed by atoms with E-state index in [1.54, 1.807) is 0 Å². The molecule has 0 saturated carbocycles. The first-order valence-electron chi connectivity index (χ1n) is 7.21. The molecule has 0 amide bonds. The smallest absolute Gasteiger partial charge is 0.0543 e. The van der Waals surface area contributed by atoms with Crippen molar-refractivity contribution in [1.29, 1.82) is 0 Å². The van der Waals surface area contributed by atoms with Gasteiger partial charge in [-0.2, -0.15) is 0 Å². The van der Waals surface area contributed by atoms with Crippen LogP contribution in [0.3, 0.4) is 0 Å². The molecule has 1 fully saturated rings. The first-order valence-corrected chi connectivity index (χ1v) is 7.21. The van der Waals surface area contributed by atoms with Gasteiger partial charge in [0.15, 0.2) is 0 Å². The van der Waals surface area contributed by atoms with Crippen LogP contribution in [0.5, 0.6) is 0 Å². The van der Waals surface area contributed by atoms with Crippen molar-refractivity contribution in [2.24, 2.45) is 5.92 Å². The lowest BCUT2D eigenvalue weighted by molar-refractivity contribution is 0.197. The highest BCUT2D eigenvalue weighted by molar-refractivity contribution is 5.03. The van der Waals surface area contributed by atoms with Crippen LogP contribution >= 0.6 is 0 Å². The second-order valence-electron chi connectivity index (χ2n) is 5.25. The van der Waals surface area contributed by atoms with Gasteiger partial charge in [0.1, 0.15) is 0 Å². The van der Waals surface area contributed by atoms with Crippen LogP contribution in [0.2, 0.25) is 0 Å². The normalized spacial score (nSPS) is 17.2. The second-order valence-corrected chi connectivity index (χ2v) is 5.25. The summed E-state index contributed by atoms with van der Waals surface area (Å²) in [7, 11) is 0. The SMILES string of the molecule is CCCN(Cc1ccccn1)CC1CCNCC1. The molecule has 0 unspecified atom stereocenters. The van der Waals surface area contributed by atoms with Crippen molar-refractivity contribution >= 4 is 0 Å². The van der Waals surface area contributed by atoms with Crippen LogP contribution in [0, 0.1) is 5.92 Å². The highest BCUT2D eigenvalue weighted by Crippen LogP contribution is 2.15. The van der Waals surface area contributed by atoms with Gasteiger partial charge in [-0.25, -0.2) is 0 Å². The summed E-state index contributed by atoms with van der Waals surface area (Å²) in [6.45, 7) is 8.04. The molecule has 0 aliphatic carbocycles. The zero-order chi connectivity index (χ0) is 12.6. The first-order chi connectivity index (χ1) is 8.88. The van der Waals surface area contributed by atoms with Crippen molar-refractivity contribution in [2.75, 3.05) is 26.2 Å². The molecule has 3 heteroatoms. The van der Waals surface area contributed by atoms with E-state index >= 15 is 0 Å². The van der Waals surface area contributed by atoms with Gasteiger partial charge in [-0.15, -0.1) is 0 Å². The van der Waals surface area contributed by atoms with E-state index in [2.05, 4.69) is 34.3 Å². The molecule has 0 aromatic carbocycles.